The predicted molar refractivity (Wildman–Crippen MR) is 103 cm³/mol. The monoisotopic (exact) mass is 378 g/mol. The van der Waals surface area contributed by atoms with Gasteiger partial charge in [0.25, 0.3) is 0 Å². The minimum atomic E-state index is 0. The minimum Gasteiger partial charge on any atom is -0.474 e. The van der Waals surface area contributed by atoms with Crippen molar-refractivity contribution in [1.82, 2.24) is 15.6 Å². The molecule has 0 unspecified atom stereocenters. The van der Waals surface area contributed by atoms with E-state index in [1.807, 2.05) is 31.2 Å². The maximum atomic E-state index is 5.61. The summed E-state index contributed by atoms with van der Waals surface area (Å²) in [4.78, 5) is 0. The number of rotatable bonds is 8. The van der Waals surface area contributed by atoms with Crippen LogP contribution in [0, 0.1) is 0 Å². The summed E-state index contributed by atoms with van der Waals surface area (Å²) in [6, 6.07) is 10.3. The summed E-state index contributed by atoms with van der Waals surface area (Å²) in [7, 11) is 0. The molecule has 6 nitrogen and oxygen atoms in total. The van der Waals surface area contributed by atoms with Crippen LogP contribution in [0.2, 0.25) is 0 Å². The van der Waals surface area contributed by atoms with Crippen LogP contribution in [-0.4, -0.2) is 37.7 Å². The fraction of sp³-hybridized carbons (Fsp3) is 0.368. The Hall–Kier alpha value is -0.804. The summed E-state index contributed by atoms with van der Waals surface area (Å²) in [6.07, 6.45) is 2.98. The molecule has 2 heterocycles. The molecule has 0 atom stereocenters. The zero-order valence-electron chi connectivity index (χ0n) is 15.8. The van der Waals surface area contributed by atoms with Gasteiger partial charge in [-0.05, 0) is 43.7 Å². The van der Waals surface area contributed by atoms with Crippen molar-refractivity contribution in [3.05, 3.63) is 71.2 Å². The normalized spacial score (nSPS) is 16.3. The van der Waals surface area contributed by atoms with E-state index in [4.69, 9.17) is 11.3 Å². The van der Waals surface area contributed by atoms with Gasteiger partial charge in [-0.3, -0.25) is 0 Å². The van der Waals surface area contributed by atoms with E-state index in [1.54, 1.807) is 0 Å². The first kappa shape index (κ1) is 21.5. The topological polar surface area (TPSA) is 70.7 Å². The van der Waals surface area contributed by atoms with Gasteiger partial charge in [0, 0.05) is 49.0 Å². The van der Waals surface area contributed by atoms with Crippen molar-refractivity contribution in [2.75, 3.05) is 37.7 Å². The van der Waals surface area contributed by atoms with Crippen LogP contribution >= 0.6 is 0 Å². The molecule has 0 bridgehead atoms. The molecule has 1 aromatic rings. The Labute approximate surface area is 198 Å². The molecule has 7 heteroatoms. The van der Waals surface area contributed by atoms with Gasteiger partial charge in [-0.25, -0.2) is 0 Å². The van der Waals surface area contributed by atoms with Gasteiger partial charge in [0.2, 0.25) is 0 Å². The van der Waals surface area contributed by atoms with Crippen LogP contribution in [0.5, 0.6) is 0 Å². The Morgan fingerprint density at radius 1 is 1.42 bits per heavy atom. The number of anilines is 1. The molecular formula is C19H27KN6. The molecule has 3 rings (SSSR count). The number of hydrogen-bond donors (Lipinski definition) is 3. The van der Waals surface area contributed by atoms with Crippen LogP contribution in [0.3, 0.4) is 0 Å². The quantitative estimate of drug-likeness (QED) is 0.315. The van der Waals surface area contributed by atoms with E-state index in [-0.39, 0.29) is 51.4 Å². The fourth-order valence-electron chi connectivity index (χ4n) is 3.07. The summed E-state index contributed by atoms with van der Waals surface area (Å²) < 4.78 is 0. The number of hydrogen-bond acceptors (Lipinski definition) is 5. The summed E-state index contributed by atoms with van der Waals surface area (Å²) in [5.74, 6) is 0. The van der Waals surface area contributed by atoms with Gasteiger partial charge in [0.05, 0.1) is 0 Å². The Morgan fingerprint density at radius 3 is 2.88 bits per heavy atom. The predicted octanol–water partition coefficient (Wildman–Crippen LogP) is -0.770. The molecule has 0 aromatic heterocycles. The molecule has 1 aromatic carbocycles. The molecule has 0 spiro atoms. The Bertz CT molecular complexity index is 670. The third kappa shape index (κ3) is 5.85. The molecule has 0 amide bonds. The summed E-state index contributed by atoms with van der Waals surface area (Å²) in [6.45, 7) is 10.2. The van der Waals surface area contributed by atoms with Crippen molar-refractivity contribution in [3.63, 3.8) is 0 Å². The maximum absolute atomic E-state index is 5.61. The van der Waals surface area contributed by atoms with Gasteiger partial charge >= 0.3 is 51.4 Å². The first-order valence-corrected chi connectivity index (χ1v) is 8.73. The molecule has 2 aliphatic heterocycles. The Balaban J connectivity index is 0.00000243. The first-order valence-electron chi connectivity index (χ1n) is 8.73. The fourth-order valence-corrected chi connectivity index (χ4v) is 3.07. The van der Waals surface area contributed by atoms with E-state index in [0.717, 1.165) is 50.5 Å². The number of nitrogens with two attached hydrogens (primary N) is 1. The molecule has 0 radical (unpaired) electrons. The zero-order valence-corrected chi connectivity index (χ0v) is 19.0. The number of para-hydroxylation sites is 1. The Kier molecular flexibility index (Phi) is 8.69. The van der Waals surface area contributed by atoms with Crippen LogP contribution < -0.4 is 72.8 Å². The molecule has 26 heavy (non-hydrogen) atoms. The third-order valence-electron chi connectivity index (χ3n) is 4.36. The van der Waals surface area contributed by atoms with Gasteiger partial charge in [-0.15, -0.1) is 0 Å². The van der Waals surface area contributed by atoms with Crippen molar-refractivity contribution in [2.45, 2.75) is 13.3 Å². The van der Waals surface area contributed by atoms with Crippen LogP contribution in [0.25, 0.3) is 5.53 Å². The average Bonchev–Trinajstić information content (AvgIpc) is 2.58. The standard InChI is InChI=1S/C19H27N6.K/c1-15(20)12-16(2)22-10-11-24(18-6-4-3-5-7-18)23-25-14-17-8-9-21-13-19(17)25;/h3-7,12,21-22H,1,8-11,13-14,20H2,2H3;/q-1;+1/b16-12-;. The molecule has 4 N–H and O–H groups in total. The van der Waals surface area contributed by atoms with E-state index in [2.05, 4.69) is 39.4 Å². The zero-order chi connectivity index (χ0) is 17.6. The second kappa shape index (κ2) is 10.5. The summed E-state index contributed by atoms with van der Waals surface area (Å²) >= 11 is 0. The van der Waals surface area contributed by atoms with Gasteiger partial charge in [0.15, 0.2) is 0 Å². The largest absolute Gasteiger partial charge is 1.00 e. The van der Waals surface area contributed by atoms with Crippen LogP contribution in [-0.2, 0) is 0 Å². The van der Waals surface area contributed by atoms with E-state index in [0.29, 0.717) is 5.70 Å². The number of allylic oxidation sites excluding steroid dienone is 2. The minimum absolute atomic E-state index is 0. The molecule has 0 saturated carbocycles. The molecule has 2 aliphatic rings. The van der Waals surface area contributed by atoms with Crippen molar-refractivity contribution in [1.29, 1.82) is 0 Å². The van der Waals surface area contributed by atoms with Gasteiger partial charge in [-0.2, -0.15) is 0 Å². The van der Waals surface area contributed by atoms with Crippen LogP contribution in [0.1, 0.15) is 13.3 Å². The molecular weight excluding hydrogens is 351 g/mol. The second-order valence-electron chi connectivity index (χ2n) is 6.41. The maximum Gasteiger partial charge on any atom is 1.00 e. The van der Waals surface area contributed by atoms with Crippen molar-refractivity contribution in [2.24, 2.45) is 5.73 Å². The summed E-state index contributed by atoms with van der Waals surface area (Å²) in [5.41, 5.74) is 16.0. The average molecular weight is 379 g/mol. The number of benzene rings is 1. The number of nitrogens with zero attached hydrogens (tertiary/aromatic N) is 3. The molecule has 134 valence electrons. The molecule has 0 saturated heterocycles. The third-order valence-corrected chi connectivity index (χ3v) is 4.36. The second-order valence-corrected chi connectivity index (χ2v) is 6.41. The van der Waals surface area contributed by atoms with Gasteiger partial charge < -0.3 is 31.9 Å². The smallest absolute Gasteiger partial charge is 0.474 e. The SMILES string of the molecule is C=C(N)/C=C(/C)NCCN([N-]N1CC2=C1CNCC2)c1ccccc1.[K+]. The van der Waals surface area contributed by atoms with E-state index in [1.165, 1.54) is 11.3 Å². The summed E-state index contributed by atoms with van der Waals surface area (Å²) in [5, 5.41) is 10.9. The van der Waals surface area contributed by atoms with E-state index >= 15 is 0 Å². The van der Waals surface area contributed by atoms with Gasteiger partial charge in [0.1, 0.15) is 0 Å². The van der Waals surface area contributed by atoms with Gasteiger partial charge in [-0.1, -0.05) is 24.8 Å². The van der Waals surface area contributed by atoms with Crippen molar-refractivity contribution >= 4 is 5.69 Å². The first-order chi connectivity index (χ1) is 12.1. The van der Waals surface area contributed by atoms with E-state index in [9.17, 15) is 0 Å². The molecule has 0 aliphatic carbocycles. The Morgan fingerprint density at radius 2 is 2.19 bits per heavy atom. The number of nitrogens with one attached hydrogen (secondary N) is 2. The van der Waals surface area contributed by atoms with Crippen LogP contribution in [0.4, 0.5) is 5.69 Å². The van der Waals surface area contributed by atoms with Crippen molar-refractivity contribution in [3.8, 4) is 0 Å². The molecule has 0 fully saturated rings. The van der Waals surface area contributed by atoms with E-state index < -0.39 is 0 Å². The van der Waals surface area contributed by atoms with Crippen LogP contribution in [0.15, 0.2) is 65.7 Å². The van der Waals surface area contributed by atoms with Crippen molar-refractivity contribution < 1.29 is 51.4 Å².